The van der Waals surface area contributed by atoms with Crippen LogP contribution in [0.25, 0.3) is 17.1 Å². The lowest BCUT2D eigenvalue weighted by molar-refractivity contribution is 0.281. The number of aliphatic hydroxyl groups excluding tert-OH is 1. The van der Waals surface area contributed by atoms with Gasteiger partial charge in [0.2, 0.25) is 5.82 Å². The molecule has 0 unspecified atom stereocenters. The third-order valence-corrected chi connectivity index (χ3v) is 2.82. The maximum Gasteiger partial charge on any atom is 0.205 e. The molecule has 0 aliphatic heterocycles. The first kappa shape index (κ1) is 11.6. The van der Waals surface area contributed by atoms with E-state index in [1.807, 2.05) is 54.6 Å². The van der Waals surface area contributed by atoms with Gasteiger partial charge in [-0.05, 0) is 11.3 Å². The largest absolute Gasteiger partial charge is 0.392 e. The summed E-state index contributed by atoms with van der Waals surface area (Å²) in [7, 11) is 0. The third-order valence-electron chi connectivity index (χ3n) is 2.82. The molecule has 0 radical (unpaired) electrons. The Morgan fingerprint density at radius 3 is 2.47 bits per heavy atom. The first-order chi connectivity index (χ1) is 9.38. The average molecular weight is 252 g/mol. The molecule has 0 aliphatic rings. The Bertz CT molecular complexity index is 679. The maximum absolute atomic E-state index is 9.31. The van der Waals surface area contributed by atoms with E-state index in [-0.39, 0.29) is 6.61 Å². The van der Waals surface area contributed by atoms with E-state index >= 15 is 0 Å². The van der Waals surface area contributed by atoms with Crippen LogP contribution in [0, 0.1) is 0 Å². The van der Waals surface area contributed by atoms with Crippen molar-refractivity contribution in [2.24, 2.45) is 0 Å². The van der Waals surface area contributed by atoms with Crippen molar-refractivity contribution in [1.82, 2.24) is 20.2 Å². The molecule has 0 spiro atoms. The van der Waals surface area contributed by atoms with Gasteiger partial charge in [-0.1, -0.05) is 48.5 Å². The number of nitrogens with zero attached hydrogens (tertiary/aromatic N) is 4. The Hall–Kier alpha value is -2.53. The van der Waals surface area contributed by atoms with Crippen molar-refractivity contribution in [3.05, 3.63) is 60.2 Å². The van der Waals surface area contributed by atoms with E-state index < -0.39 is 0 Å². The summed E-state index contributed by atoms with van der Waals surface area (Å²) in [5.74, 6) is 0.563. The number of hydrogen-bond donors (Lipinski definition) is 1. The predicted octanol–water partition coefficient (Wildman–Crippen LogP) is 1.82. The molecule has 1 heterocycles. The van der Waals surface area contributed by atoms with Gasteiger partial charge < -0.3 is 5.11 Å². The minimum atomic E-state index is -0.0572. The van der Waals surface area contributed by atoms with Gasteiger partial charge in [0.25, 0.3) is 0 Å². The van der Waals surface area contributed by atoms with Gasteiger partial charge in [0.1, 0.15) is 0 Å². The normalized spacial score (nSPS) is 10.6. The molecule has 1 N–H and O–H groups in total. The Morgan fingerprint density at radius 1 is 0.947 bits per heavy atom. The summed E-state index contributed by atoms with van der Waals surface area (Å²) >= 11 is 0. The van der Waals surface area contributed by atoms with Gasteiger partial charge in [0.15, 0.2) is 0 Å². The molecule has 5 heteroatoms. The third kappa shape index (κ3) is 2.23. The van der Waals surface area contributed by atoms with Crippen LogP contribution in [0.15, 0.2) is 54.6 Å². The van der Waals surface area contributed by atoms with Crippen LogP contribution in [0.1, 0.15) is 5.56 Å². The molecule has 94 valence electrons. The molecule has 0 fully saturated rings. The molecule has 3 rings (SSSR count). The Kier molecular flexibility index (Phi) is 3.04. The topological polar surface area (TPSA) is 63.8 Å². The zero-order chi connectivity index (χ0) is 13.1. The SMILES string of the molecule is OCc1ccccc1-n1nnc(-c2ccccc2)n1. The monoisotopic (exact) mass is 252 g/mol. The summed E-state index contributed by atoms with van der Waals surface area (Å²) in [6.07, 6.45) is 0. The highest BCUT2D eigenvalue weighted by atomic mass is 16.3. The molecule has 2 aromatic carbocycles. The van der Waals surface area contributed by atoms with Crippen LogP contribution >= 0.6 is 0 Å². The lowest BCUT2D eigenvalue weighted by Gasteiger charge is -2.03. The smallest absolute Gasteiger partial charge is 0.205 e. The highest BCUT2D eigenvalue weighted by Crippen LogP contribution is 2.16. The van der Waals surface area contributed by atoms with E-state index in [2.05, 4.69) is 15.4 Å². The quantitative estimate of drug-likeness (QED) is 0.772. The van der Waals surface area contributed by atoms with E-state index in [1.54, 1.807) is 0 Å². The standard InChI is InChI=1S/C14H12N4O/c19-10-12-8-4-5-9-13(12)18-16-14(15-17-18)11-6-2-1-3-7-11/h1-9,19H,10H2. The van der Waals surface area contributed by atoms with Crippen molar-refractivity contribution < 1.29 is 5.11 Å². The van der Waals surface area contributed by atoms with Crippen LogP contribution in [-0.4, -0.2) is 25.3 Å². The fourth-order valence-electron chi connectivity index (χ4n) is 1.86. The minimum absolute atomic E-state index is 0.0572. The van der Waals surface area contributed by atoms with Gasteiger partial charge in [-0.3, -0.25) is 0 Å². The van der Waals surface area contributed by atoms with E-state index in [1.165, 1.54) is 4.80 Å². The molecule has 0 saturated heterocycles. The highest BCUT2D eigenvalue weighted by Gasteiger charge is 2.09. The van der Waals surface area contributed by atoms with Crippen molar-refractivity contribution in [2.45, 2.75) is 6.61 Å². The van der Waals surface area contributed by atoms with Crippen LogP contribution in [0.4, 0.5) is 0 Å². The Morgan fingerprint density at radius 2 is 1.68 bits per heavy atom. The van der Waals surface area contributed by atoms with Gasteiger partial charge in [0, 0.05) is 11.1 Å². The van der Waals surface area contributed by atoms with Crippen molar-refractivity contribution in [1.29, 1.82) is 0 Å². The van der Waals surface area contributed by atoms with Crippen LogP contribution in [0.5, 0.6) is 0 Å². The number of aliphatic hydroxyl groups is 1. The van der Waals surface area contributed by atoms with Crippen molar-refractivity contribution in [2.75, 3.05) is 0 Å². The fraction of sp³-hybridized carbons (Fsp3) is 0.0714. The first-order valence-electron chi connectivity index (χ1n) is 5.93. The maximum atomic E-state index is 9.31. The highest BCUT2D eigenvalue weighted by molar-refractivity contribution is 5.53. The summed E-state index contributed by atoms with van der Waals surface area (Å²) in [4.78, 5) is 1.44. The Balaban J connectivity index is 2.02. The summed E-state index contributed by atoms with van der Waals surface area (Å²) in [6, 6.07) is 17.1. The first-order valence-corrected chi connectivity index (χ1v) is 5.93. The number of aromatic nitrogens is 4. The summed E-state index contributed by atoms with van der Waals surface area (Å²) in [6.45, 7) is -0.0572. The van der Waals surface area contributed by atoms with E-state index in [0.717, 1.165) is 16.8 Å². The molecule has 0 saturated carbocycles. The predicted molar refractivity (Wildman–Crippen MR) is 70.5 cm³/mol. The number of rotatable bonds is 3. The Labute approximate surface area is 110 Å². The number of tetrazole rings is 1. The van der Waals surface area contributed by atoms with Crippen LogP contribution in [0.3, 0.4) is 0 Å². The molecule has 0 aliphatic carbocycles. The van der Waals surface area contributed by atoms with Crippen molar-refractivity contribution in [3.8, 4) is 17.1 Å². The number of hydrogen-bond acceptors (Lipinski definition) is 4. The van der Waals surface area contributed by atoms with Crippen LogP contribution in [0.2, 0.25) is 0 Å². The lowest BCUT2D eigenvalue weighted by Crippen LogP contribution is -2.03. The van der Waals surface area contributed by atoms with Gasteiger partial charge in [0.05, 0.1) is 12.3 Å². The van der Waals surface area contributed by atoms with E-state index in [4.69, 9.17) is 0 Å². The number of benzene rings is 2. The summed E-state index contributed by atoms with van der Waals surface area (Å²) in [5.41, 5.74) is 2.41. The second-order valence-corrected chi connectivity index (χ2v) is 4.06. The van der Waals surface area contributed by atoms with Crippen molar-refractivity contribution >= 4 is 0 Å². The van der Waals surface area contributed by atoms with Crippen molar-refractivity contribution in [3.63, 3.8) is 0 Å². The van der Waals surface area contributed by atoms with Gasteiger partial charge in [-0.15, -0.1) is 15.0 Å². The van der Waals surface area contributed by atoms with E-state index in [9.17, 15) is 5.11 Å². The molecular weight excluding hydrogens is 240 g/mol. The molecule has 5 nitrogen and oxygen atoms in total. The number of para-hydroxylation sites is 1. The average Bonchev–Trinajstić information content (AvgIpc) is 2.98. The second kappa shape index (κ2) is 4.99. The molecule has 3 aromatic rings. The summed E-state index contributed by atoms with van der Waals surface area (Å²) < 4.78 is 0. The van der Waals surface area contributed by atoms with Crippen LogP contribution in [-0.2, 0) is 6.61 Å². The fourth-order valence-corrected chi connectivity index (χ4v) is 1.86. The molecule has 0 bridgehead atoms. The molecular formula is C14H12N4O. The lowest BCUT2D eigenvalue weighted by atomic mass is 10.2. The molecule has 19 heavy (non-hydrogen) atoms. The minimum Gasteiger partial charge on any atom is -0.392 e. The molecule has 0 amide bonds. The van der Waals surface area contributed by atoms with Crippen LogP contribution < -0.4 is 0 Å². The van der Waals surface area contributed by atoms with Gasteiger partial charge >= 0.3 is 0 Å². The van der Waals surface area contributed by atoms with Gasteiger partial charge in [-0.2, -0.15) is 0 Å². The van der Waals surface area contributed by atoms with Gasteiger partial charge in [-0.25, -0.2) is 0 Å². The second-order valence-electron chi connectivity index (χ2n) is 4.06. The summed E-state index contributed by atoms with van der Waals surface area (Å²) in [5, 5.41) is 21.7. The zero-order valence-electron chi connectivity index (χ0n) is 10.1. The zero-order valence-corrected chi connectivity index (χ0v) is 10.1. The molecule has 1 aromatic heterocycles. The molecule has 0 atom stereocenters. The van der Waals surface area contributed by atoms with E-state index in [0.29, 0.717) is 5.82 Å².